The van der Waals surface area contributed by atoms with Crippen molar-refractivity contribution >= 4 is 29.1 Å². The van der Waals surface area contributed by atoms with E-state index < -0.39 is 0 Å². The van der Waals surface area contributed by atoms with E-state index in [9.17, 15) is 4.79 Å². The molecule has 2 fully saturated rings. The zero-order valence-corrected chi connectivity index (χ0v) is 7.83. The first-order chi connectivity index (χ1) is 5.25. The predicted molar refractivity (Wildman–Crippen MR) is 48.3 cm³/mol. The van der Waals surface area contributed by atoms with E-state index in [1.165, 1.54) is 0 Å². The van der Waals surface area contributed by atoms with Crippen LogP contribution < -0.4 is 0 Å². The molecule has 0 aromatic rings. The lowest BCUT2D eigenvalue weighted by Crippen LogP contribution is -2.15. The van der Waals surface area contributed by atoms with Crippen LogP contribution in [0, 0.1) is 0 Å². The van der Waals surface area contributed by atoms with Crippen molar-refractivity contribution in [3.63, 3.8) is 0 Å². The molecule has 2 rings (SSSR count). The Morgan fingerprint density at radius 3 is 3.18 bits per heavy atom. The smallest absolute Gasteiger partial charge is 0.134 e. The van der Waals surface area contributed by atoms with E-state index in [1.807, 2.05) is 11.8 Å². The fourth-order valence-corrected chi connectivity index (χ4v) is 4.09. The van der Waals surface area contributed by atoms with Crippen molar-refractivity contribution in [3.8, 4) is 0 Å². The number of rotatable bonds is 0. The number of carbonyl (C=O) groups excluding carboxylic acids is 1. The third kappa shape index (κ3) is 1.57. The maximum Gasteiger partial charge on any atom is 0.134 e. The monoisotopic (exact) mass is 190 g/mol. The highest BCUT2D eigenvalue weighted by atomic mass is 35.5. The van der Waals surface area contributed by atoms with E-state index >= 15 is 0 Å². The van der Waals surface area contributed by atoms with Gasteiger partial charge in [0.15, 0.2) is 0 Å². The number of alkyl halides is 1. The minimum absolute atomic E-state index is 0.332. The first kappa shape index (κ1) is 7.93. The molecule has 0 amide bonds. The van der Waals surface area contributed by atoms with Gasteiger partial charge in [-0.05, 0) is 12.8 Å². The SMILES string of the molecule is O=C1CCC2SC(C1)CC2Cl. The molecule has 0 aromatic heterocycles. The van der Waals surface area contributed by atoms with Crippen molar-refractivity contribution in [2.75, 3.05) is 0 Å². The average Bonchev–Trinajstić information content (AvgIpc) is 2.13. The number of carbonyl (C=O) groups is 1. The largest absolute Gasteiger partial charge is 0.300 e. The van der Waals surface area contributed by atoms with Gasteiger partial charge in [0.1, 0.15) is 5.78 Å². The van der Waals surface area contributed by atoms with Gasteiger partial charge in [0, 0.05) is 28.7 Å². The summed E-state index contributed by atoms with van der Waals surface area (Å²) in [6, 6.07) is 0. The van der Waals surface area contributed by atoms with Gasteiger partial charge in [-0.15, -0.1) is 11.6 Å². The molecule has 0 radical (unpaired) electrons. The van der Waals surface area contributed by atoms with Crippen molar-refractivity contribution in [3.05, 3.63) is 0 Å². The molecular formula is C8H11ClOS. The number of Topliss-reactive ketones (excluding diaryl/α,β-unsaturated/α-hetero) is 1. The fraction of sp³-hybridized carbons (Fsp3) is 0.875. The Balaban J connectivity index is 2.08. The van der Waals surface area contributed by atoms with Crippen LogP contribution in [-0.2, 0) is 4.79 Å². The van der Waals surface area contributed by atoms with Crippen LogP contribution in [0.5, 0.6) is 0 Å². The molecular weight excluding hydrogens is 180 g/mol. The van der Waals surface area contributed by atoms with E-state index in [0.29, 0.717) is 21.7 Å². The first-order valence-corrected chi connectivity index (χ1v) is 5.45. The van der Waals surface area contributed by atoms with Gasteiger partial charge >= 0.3 is 0 Å². The highest BCUT2D eigenvalue weighted by Gasteiger charge is 2.37. The van der Waals surface area contributed by atoms with E-state index in [1.54, 1.807) is 0 Å². The van der Waals surface area contributed by atoms with Gasteiger partial charge in [-0.3, -0.25) is 4.79 Å². The summed E-state index contributed by atoms with van der Waals surface area (Å²) in [6.07, 6.45) is 3.58. The van der Waals surface area contributed by atoms with Crippen LogP contribution in [0.3, 0.4) is 0 Å². The lowest BCUT2D eigenvalue weighted by molar-refractivity contribution is -0.119. The van der Waals surface area contributed by atoms with Gasteiger partial charge < -0.3 is 0 Å². The second kappa shape index (κ2) is 2.98. The maximum atomic E-state index is 11.1. The second-order valence-corrected chi connectivity index (χ2v) is 5.43. The van der Waals surface area contributed by atoms with Crippen molar-refractivity contribution < 1.29 is 4.79 Å². The average molecular weight is 191 g/mol. The molecule has 0 aromatic carbocycles. The molecule has 2 bridgehead atoms. The topological polar surface area (TPSA) is 17.1 Å². The Morgan fingerprint density at radius 1 is 1.55 bits per heavy atom. The van der Waals surface area contributed by atoms with Crippen molar-refractivity contribution in [2.45, 2.75) is 41.6 Å². The van der Waals surface area contributed by atoms with Crippen LogP contribution in [-0.4, -0.2) is 21.7 Å². The summed E-state index contributed by atoms with van der Waals surface area (Å²) in [4.78, 5) is 11.1. The Morgan fingerprint density at radius 2 is 2.36 bits per heavy atom. The van der Waals surface area contributed by atoms with E-state index in [2.05, 4.69) is 0 Å². The molecule has 0 saturated carbocycles. The molecule has 11 heavy (non-hydrogen) atoms. The van der Waals surface area contributed by atoms with Gasteiger partial charge in [-0.2, -0.15) is 11.8 Å². The Bertz CT molecular complexity index is 183. The minimum atomic E-state index is 0.332. The zero-order valence-electron chi connectivity index (χ0n) is 6.25. The lowest BCUT2D eigenvalue weighted by atomic mass is 10.00. The van der Waals surface area contributed by atoms with Gasteiger partial charge in [0.2, 0.25) is 0 Å². The second-order valence-electron chi connectivity index (χ2n) is 3.33. The molecule has 2 aliphatic heterocycles. The number of ketones is 1. The Kier molecular flexibility index (Phi) is 2.15. The first-order valence-electron chi connectivity index (χ1n) is 4.07. The summed E-state index contributed by atoms with van der Waals surface area (Å²) >= 11 is 8.03. The van der Waals surface area contributed by atoms with Crippen LogP contribution >= 0.6 is 23.4 Å². The lowest BCUT2D eigenvalue weighted by Gasteiger charge is -2.10. The number of halogens is 1. The van der Waals surface area contributed by atoms with E-state index in [-0.39, 0.29) is 0 Å². The molecule has 3 atom stereocenters. The quantitative estimate of drug-likeness (QED) is 0.545. The predicted octanol–water partition coefficient (Wildman–Crippen LogP) is 2.22. The number of hydrogen-bond acceptors (Lipinski definition) is 2. The summed E-state index contributed by atoms with van der Waals surface area (Å²) in [5, 5.41) is 1.43. The maximum absolute atomic E-state index is 11.1. The fourth-order valence-electron chi connectivity index (χ4n) is 1.83. The van der Waals surface area contributed by atoms with E-state index in [4.69, 9.17) is 11.6 Å². The molecule has 2 aliphatic rings. The van der Waals surface area contributed by atoms with Crippen molar-refractivity contribution in [2.24, 2.45) is 0 Å². The van der Waals surface area contributed by atoms with E-state index in [0.717, 1.165) is 25.7 Å². The third-order valence-corrected chi connectivity index (χ3v) is 4.71. The van der Waals surface area contributed by atoms with Gasteiger partial charge in [0.25, 0.3) is 0 Å². The van der Waals surface area contributed by atoms with Gasteiger partial charge in [-0.25, -0.2) is 0 Å². The third-order valence-electron chi connectivity index (χ3n) is 2.42. The molecule has 0 N–H and O–H groups in total. The molecule has 3 heteroatoms. The van der Waals surface area contributed by atoms with Crippen LogP contribution in [0.1, 0.15) is 25.7 Å². The molecule has 2 saturated heterocycles. The summed E-state index contributed by atoms with van der Waals surface area (Å²) in [5.41, 5.74) is 0. The van der Waals surface area contributed by atoms with Crippen LogP contribution in [0.15, 0.2) is 0 Å². The van der Waals surface area contributed by atoms with Crippen LogP contribution in [0.2, 0.25) is 0 Å². The van der Waals surface area contributed by atoms with Gasteiger partial charge in [-0.1, -0.05) is 0 Å². The Labute approximate surface area is 75.9 Å². The molecule has 62 valence electrons. The summed E-state index contributed by atoms with van der Waals surface area (Å²) in [6.45, 7) is 0. The highest BCUT2D eigenvalue weighted by Crippen LogP contribution is 2.43. The Hall–Kier alpha value is 0.310. The molecule has 0 aliphatic carbocycles. The summed E-state index contributed by atoms with van der Waals surface area (Å²) in [5.74, 6) is 0.438. The zero-order chi connectivity index (χ0) is 7.84. The number of fused-ring (bicyclic) bond motifs is 2. The summed E-state index contributed by atoms with van der Waals surface area (Å²) < 4.78 is 0. The molecule has 0 spiro atoms. The molecule has 3 unspecified atom stereocenters. The summed E-state index contributed by atoms with van der Waals surface area (Å²) in [7, 11) is 0. The standard InChI is InChI=1S/C8H11ClOS/c9-7-4-6-3-5(10)1-2-8(7)11-6/h6-8H,1-4H2. The highest BCUT2D eigenvalue weighted by molar-refractivity contribution is 8.01. The van der Waals surface area contributed by atoms with Gasteiger partial charge in [0.05, 0.1) is 0 Å². The molecule has 1 nitrogen and oxygen atoms in total. The number of thioether (sulfide) groups is 1. The number of hydrogen-bond donors (Lipinski definition) is 0. The van der Waals surface area contributed by atoms with Crippen molar-refractivity contribution in [1.82, 2.24) is 0 Å². The minimum Gasteiger partial charge on any atom is -0.300 e. The van der Waals surface area contributed by atoms with Crippen molar-refractivity contribution in [1.29, 1.82) is 0 Å². The van der Waals surface area contributed by atoms with Crippen LogP contribution in [0.4, 0.5) is 0 Å². The molecule has 2 heterocycles. The van der Waals surface area contributed by atoms with Crippen LogP contribution in [0.25, 0.3) is 0 Å². The normalized spacial score (nSPS) is 44.1.